The number of allylic oxidation sites excluding steroid dienone is 2. The summed E-state index contributed by atoms with van der Waals surface area (Å²) in [4.78, 5) is 0. The van der Waals surface area contributed by atoms with Gasteiger partial charge in [-0.15, -0.1) is 0 Å². The van der Waals surface area contributed by atoms with E-state index in [-0.39, 0.29) is 11.8 Å². The molecular formula is C20H20. The van der Waals surface area contributed by atoms with E-state index in [0.717, 1.165) is 12.8 Å². The second-order valence-corrected chi connectivity index (χ2v) is 4.98. The number of hydrogen-bond donors (Lipinski definition) is 0. The van der Waals surface area contributed by atoms with Crippen molar-refractivity contribution in [3.05, 3.63) is 97.8 Å². The van der Waals surface area contributed by atoms with Crippen molar-refractivity contribution < 1.29 is 0 Å². The van der Waals surface area contributed by atoms with Gasteiger partial charge in [-0.25, -0.2) is 0 Å². The molecule has 2 rings (SSSR count). The van der Waals surface area contributed by atoms with Gasteiger partial charge in [-0.2, -0.15) is 0 Å². The Morgan fingerprint density at radius 3 is 1.35 bits per heavy atom. The van der Waals surface area contributed by atoms with E-state index in [1.807, 2.05) is 36.4 Å². The van der Waals surface area contributed by atoms with Crippen molar-refractivity contribution in [2.75, 3.05) is 0 Å². The molecule has 0 saturated carbocycles. The summed E-state index contributed by atoms with van der Waals surface area (Å²) in [5, 5.41) is 0. The molecule has 2 aromatic carbocycles. The Morgan fingerprint density at radius 2 is 1.00 bits per heavy atom. The van der Waals surface area contributed by atoms with E-state index in [1.54, 1.807) is 0 Å². The minimum Gasteiger partial charge on any atom is -0.0879 e. The van der Waals surface area contributed by atoms with E-state index in [4.69, 9.17) is 13.8 Å². The standard InChI is InChI=1S/C20H20/c1-17(19-13-5-3-6-14-19)11-9-10-12-18(2)20-15-7-4-8-16-20/h1-10,13-18H,11-12H2/b10-9-. The van der Waals surface area contributed by atoms with Crippen LogP contribution < -0.4 is 0 Å². The Kier molecular flexibility index (Phi) is 5.61. The average molecular weight is 260 g/mol. The van der Waals surface area contributed by atoms with E-state index in [2.05, 4.69) is 36.4 Å². The lowest BCUT2D eigenvalue weighted by Crippen LogP contribution is -1.93. The highest BCUT2D eigenvalue weighted by molar-refractivity contribution is 5.22. The second kappa shape index (κ2) is 7.69. The van der Waals surface area contributed by atoms with Crippen LogP contribution in [0, 0.1) is 13.8 Å². The van der Waals surface area contributed by atoms with Crippen molar-refractivity contribution >= 4 is 0 Å². The monoisotopic (exact) mass is 260 g/mol. The molecule has 0 aromatic heterocycles. The van der Waals surface area contributed by atoms with Crippen LogP contribution >= 0.6 is 0 Å². The van der Waals surface area contributed by atoms with Gasteiger partial charge >= 0.3 is 0 Å². The van der Waals surface area contributed by atoms with Gasteiger partial charge in [0.15, 0.2) is 0 Å². The third kappa shape index (κ3) is 4.38. The third-order valence-electron chi connectivity index (χ3n) is 3.40. The lowest BCUT2D eigenvalue weighted by atomic mass is 9.95. The molecule has 0 nitrogen and oxygen atoms in total. The van der Waals surface area contributed by atoms with Gasteiger partial charge < -0.3 is 0 Å². The Balaban J connectivity index is 1.80. The molecule has 0 amide bonds. The molecule has 2 atom stereocenters. The predicted molar refractivity (Wildman–Crippen MR) is 85.3 cm³/mol. The first-order chi connectivity index (χ1) is 9.77. The van der Waals surface area contributed by atoms with Crippen molar-refractivity contribution in [1.29, 1.82) is 0 Å². The Morgan fingerprint density at radius 1 is 0.650 bits per heavy atom. The molecule has 0 aliphatic heterocycles. The molecule has 0 heterocycles. The van der Waals surface area contributed by atoms with Gasteiger partial charge in [0.25, 0.3) is 0 Å². The topological polar surface area (TPSA) is 0 Å². The van der Waals surface area contributed by atoms with Crippen molar-refractivity contribution in [1.82, 2.24) is 0 Å². The van der Waals surface area contributed by atoms with Gasteiger partial charge in [-0.1, -0.05) is 72.8 Å². The Bertz CT molecular complexity index is 461. The summed E-state index contributed by atoms with van der Waals surface area (Å²) < 4.78 is 0. The molecule has 0 bridgehead atoms. The molecule has 0 N–H and O–H groups in total. The second-order valence-electron chi connectivity index (χ2n) is 4.98. The minimum absolute atomic E-state index is 0.0559. The molecule has 0 spiro atoms. The van der Waals surface area contributed by atoms with Crippen LogP contribution in [0.2, 0.25) is 0 Å². The number of rotatable bonds is 6. The van der Waals surface area contributed by atoms with E-state index in [1.165, 1.54) is 11.1 Å². The third-order valence-corrected chi connectivity index (χ3v) is 3.40. The van der Waals surface area contributed by atoms with E-state index < -0.39 is 0 Å². The summed E-state index contributed by atoms with van der Waals surface area (Å²) in [6.45, 7) is 12.3. The number of hydrogen-bond acceptors (Lipinski definition) is 0. The normalized spacial score (nSPS) is 14.3. The van der Waals surface area contributed by atoms with Crippen molar-refractivity contribution in [2.24, 2.45) is 0 Å². The zero-order chi connectivity index (χ0) is 14.2. The summed E-state index contributed by atoms with van der Waals surface area (Å²) in [5.74, 6) is 0.112. The molecule has 0 saturated heterocycles. The highest BCUT2D eigenvalue weighted by Gasteiger charge is 2.04. The zero-order valence-electron chi connectivity index (χ0n) is 11.7. The first kappa shape index (κ1) is 14.6. The molecule has 0 fully saturated rings. The van der Waals surface area contributed by atoms with Crippen LogP contribution in [0.15, 0.2) is 72.8 Å². The maximum Gasteiger partial charge on any atom is -0.00931 e. The van der Waals surface area contributed by atoms with Crippen LogP contribution in [0.1, 0.15) is 35.8 Å². The van der Waals surface area contributed by atoms with Gasteiger partial charge in [0.1, 0.15) is 0 Å². The predicted octanol–water partition coefficient (Wildman–Crippen LogP) is 5.31. The van der Waals surface area contributed by atoms with Crippen LogP contribution in [0.4, 0.5) is 0 Å². The summed E-state index contributed by atoms with van der Waals surface area (Å²) in [6, 6.07) is 20.3. The zero-order valence-corrected chi connectivity index (χ0v) is 11.7. The first-order valence-electron chi connectivity index (χ1n) is 7.03. The summed E-state index contributed by atoms with van der Waals surface area (Å²) >= 11 is 0. The van der Waals surface area contributed by atoms with Gasteiger partial charge in [-0.3, -0.25) is 0 Å². The van der Waals surface area contributed by atoms with E-state index in [0.29, 0.717) is 0 Å². The summed E-state index contributed by atoms with van der Waals surface area (Å²) in [6.07, 6.45) is 5.93. The van der Waals surface area contributed by atoms with Crippen LogP contribution in [-0.2, 0) is 0 Å². The molecule has 0 aliphatic rings. The van der Waals surface area contributed by atoms with Crippen LogP contribution in [0.25, 0.3) is 0 Å². The van der Waals surface area contributed by atoms with Crippen molar-refractivity contribution in [2.45, 2.75) is 24.7 Å². The summed E-state index contributed by atoms with van der Waals surface area (Å²) in [7, 11) is 0. The lowest BCUT2D eigenvalue weighted by Gasteiger charge is -2.10. The Hall–Kier alpha value is -1.82. The largest absolute Gasteiger partial charge is 0.0879 e. The molecule has 0 aliphatic carbocycles. The molecule has 4 radical (unpaired) electrons. The molecule has 2 unspecified atom stereocenters. The van der Waals surface area contributed by atoms with Crippen LogP contribution in [0.5, 0.6) is 0 Å². The van der Waals surface area contributed by atoms with E-state index in [9.17, 15) is 0 Å². The maximum absolute atomic E-state index is 6.14. The quantitative estimate of drug-likeness (QED) is 0.617. The fourth-order valence-corrected chi connectivity index (χ4v) is 2.16. The molecule has 2 aromatic rings. The van der Waals surface area contributed by atoms with Crippen molar-refractivity contribution in [3.8, 4) is 0 Å². The highest BCUT2D eigenvalue weighted by atomic mass is 14.1. The van der Waals surface area contributed by atoms with Crippen molar-refractivity contribution in [3.63, 3.8) is 0 Å². The first-order valence-corrected chi connectivity index (χ1v) is 7.03. The maximum atomic E-state index is 6.14. The van der Waals surface area contributed by atoms with Gasteiger partial charge in [0, 0.05) is 0 Å². The van der Waals surface area contributed by atoms with E-state index >= 15 is 0 Å². The lowest BCUT2D eigenvalue weighted by molar-refractivity contribution is 0.830. The molecule has 0 heteroatoms. The Labute approximate surface area is 123 Å². The van der Waals surface area contributed by atoms with Gasteiger partial charge in [0.2, 0.25) is 0 Å². The smallest absolute Gasteiger partial charge is 0.00931 e. The fraction of sp³-hybridized carbons (Fsp3) is 0.200. The van der Waals surface area contributed by atoms with Crippen LogP contribution in [-0.4, -0.2) is 0 Å². The fourth-order valence-electron chi connectivity index (χ4n) is 2.16. The van der Waals surface area contributed by atoms with Gasteiger partial charge in [-0.05, 0) is 49.7 Å². The average Bonchev–Trinajstić information content (AvgIpc) is 2.53. The van der Waals surface area contributed by atoms with Gasteiger partial charge in [0.05, 0.1) is 0 Å². The SMILES string of the molecule is [CH]C(C/C=C\CC([CH])c1ccccc1)c1ccccc1. The highest BCUT2D eigenvalue weighted by Crippen LogP contribution is 2.21. The molecule has 20 heavy (non-hydrogen) atoms. The summed E-state index contributed by atoms with van der Waals surface area (Å²) in [5.41, 5.74) is 2.34. The number of benzene rings is 2. The molecule has 100 valence electrons. The molecular weight excluding hydrogens is 240 g/mol. The minimum atomic E-state index is 0.0559. The van der Waals surface area contributed by atoms with Crippen LogP contribution in [0.3, 0.4) is 0 Å².